The Hall–Kier alpha value is -3.43. The number of amides is 2. The van der Waals surface area contributed by atoms with E-state index in [1.54, 1.807) is 22.9 Å². The molecule has 1 aliphatic rings. The molecule has 3 heterocycles. The summed E-state index contributed by atoms with van der Waals surface area (Å²) in [5, 5.41) is 9.50. The number of rotatable bonds is 7. The molecule has 0 aliphatic carbocycles. The summed E-state index contributed by atoms with van der Waals surface area (Å²) in [5.74, 6) is -0.204. The van der Waals surface area contributed by atoms with Crippen molar-refractivity contribution in [1.82, 2.24) is 15.1 Å². The molecule has 0 saturated carbocycles. The molecule has 2 aromatic heterocycles. The highest BCUT2D eigenvalue weighted by molar-refractivity contribution is 8.00. The molecule has 2 unspecified atom stereocenters. The molecule has 0 bridgehead atoms. The summed E-state index contributed by atoms with van der Waals surface area (Å²) in [6, 6.07) is 18.4. The maximum Gasteiger partial charge on any atom is 0.240 e. The third kappa shape index (κ3) is 5.00. The van der Waals surface area contributed by atoms with Gasteiger partial charge in [0.2, 0.25) is 11.8 Å². The summed E-state index contributed by atoms with van der Waals surface area (Å²) in [6.45, 7) is 5.76. The molecule has 1 aliphatic heterocycles. The van der Waals surface area contributed by atoms with Crippen molar-refractivity contribution in [2.24, 2.45) is 0 Å². The van der Waals surface area contributed by atoms with E-state index in [0.717, 1.165) is 28.1 Å². The molecule has 2 aromatic carbocycles. The summed E-state index contributed by atoms with van der Waals surface area (Å²) < 4.78 is 17.0. The Morgan fingerprint density at radius 2 is 1.92 bits per heavy atom. The quantitative estimate of drug-likeness (QED) is 0.302. The van der Waals surface area contributed by atoms with Crippen molar-refractivity contribution < 1.29 is 14.0 Å². The second kappa shape index (κ2) is 11.1. The number of nitrogens with one attached hydrogen (secondary N) is 1. The first-order valence-electron chi connectivity index (χ1n) is 12.6. The van der Waals surface area contributed by atoms with E-state index >= 15 is 4.39 Å². The van der Waals surface area contributed by atoms with Crippen LogP contribution in [0.4, 0.5) is 10.2 Å². The van der Waals surface area contributed by atoms with Crippen molar-refractivity contribution in [3.63, 3.8) is 0 Å². The van der Waals surface area contributed by atoms with Gasteiger partial charge in [-0.15, -0.1) is 23.1 Å². The second-order valence-corrected chi connectivity index (χ2v) is 11.4. The first-order chi connectivity index (χ1) is 18.4. The summed E-state index contributed by atoms with van der Waals surface area (Å²) in [6.07, 6.45) is 0.778. The molecule has 9 heteroatoms. The van der Waals surface area contributed by atoms with E-state index in [9.17, 15) is 9.59 Å². The fraction of sp³-hybridized carbons (Fsp3) is 0.276. The van der Waals surface area contributed by atoms with Crippen LogP contribution in [0.1, 0.15) is 42.2 Å². The van der Waals surface area contributed by atoms with Crippen molar-refractivity contribution in [1.29, 1.82) is 0 Å². The van der Waals surface area contributed by atoms with Crippen LogP contribution >= 0.6 is 23.1 Å². The molecule has 2 amide bonds. The van der Waals surface area contributed by atoms with Gasteiger partial charge in [-0.3, -0.25) is 14.5 Å². The molecule has 196 valence electrons. The highest BCUT2D eigenvalue weighted by atomic mass is 32.2. The number of anilines is 1. The van der Waals surface area contributed by atoms with Gasteiger partial charge >= 0.3 is 0 Å². The number of fused-ring (bicyclic) bond motifs is 1. The highest BCUT2D eigenvalue weighted by Gasteiger charge is 2.38. The molecule has 1 N–H and O–H groups in total. The zero-order valence-electron chi connectivity index (χ0n) is 21.5. The van der Waals surface area contributed by atoms with Crippen molar-refractivity contribution in [2.45, 2.75) is 38.5 Å². The minimum atomic E-state index is -0.493. The van der Waals surface area contributed by atoms with Crippen LogP contribution in [0, 0.1) is 12.7 Å². The maximum atomic E-state index is 15.3. The highest BCUT2D eigenvalue weighted by Crippen LogP contribution is 2.49. The Morgan fingerprint density at radius 3 is 2.63 bits per heavy atom. The molecular formula is C29H29FN4O2S2. The lowest BCUT2D eigenvalue weighted by Crippen LogP contribution is -2.44. The topological polar surface area (TPSA) is 67.2 Å². The monoisotopic (exact) mass is 548 g/mol. The van der Waals surface area contributed by atoms with Crippen LogP contribution < -0.4 is 10.2 Å². The first kappa shape index (κ1) is 26.2. The van der Waals surface area contributed by atoms with E-state index in [4.69, 9.17) is 5.10 Å². The number of thiophene rings is 1. The predicted octanol–water partition coefficient (Wildman–Crippen LogP) is 6.13. The van der Waals surface area contributed by atoms with Gasteiger partial charge in [-0.05, 0) is 49.4 Å². The normalized spacial score (nSPS) is 16.2. The molecule has 0 saturated heterocycles. The molecule has 2 atom stereocenters. The summed E-state index contributed by atoms with van der Waals surface area (Å²) in [5.41, 5.74) is 3.66. The number of thioether (sulfide) groups is 1. The van der Waals surface area contributed by atoms with Gasteiger partial charge in [0.05, 0.1) is 21.6 Å². The number of halogens is 1. The number of benzene rings is 2. The van der Waals surface area contributed by atoms with E-state index in [2.05, 4.69) is 5.32 Å². The predicted molar refractivity (Wildman–Crippen MR) is 153 cm³/mol. The van der Waals surface area contributed by atoms with E-state index in [0.29, 0.717) is 17.1 Å². The minimum absolute atomic E-state index is 0.0208. The molecule has 0 fully saturated rings. The SMILES string of the molecule is CCC(C)NC(=O)CN1C(=O)CSC(c2ccccc2F)c2c(-c3cccs3)nn(-c3ccccc3C)c21. The number of carbonyl (C=O) groups is 2. The average Bonchev–Trinajstić information content (AvgIpc) is 3.54. The standard InChI is InChI=1S/C29H29FN4O2S2/c1-4-19(3)31-24(35)16-33-25(36)17-38-28(20-11-6-7-12-21(20)30)26-27(23-14-9-15-37-23)32-34(29(26)33)22-13-8-5-10-18(22)2/h5-15,19,28H,4,16-17H2,1-3H3,(H,31,35). The fourth-order valence-electron chi connectivity index (χ4n) is 4.58. The van der Waals surface area contributed by atoms with Crippen molar-refractivity contribution >= 4 is 40.7 Å². The minimum Gasteiger partial charge on any atom is -0.352 e. The maximum absolute atomic E-state index is 15.3. The van der Waals surface area contributed by atoms with Gasteiger partial charge < -0.3 is 5.32 Å². The third-order valence-corrected chi connectivity index (χ3v) is 8.81. The van der Waals surface area contributed by atoms with E-state index in [-0.39, 0.29) is 36.0 Å². The van der Waals surface area contributed by atoms with Gasteiger partial charge in [-0.2, -0.15) is 5.10 Å². The number of para-hydroxylation sites is 1. The summed E-state index contributed by atoms with van der Waals surface area (Å²) in [7, 11) is 0. The van der Waals surface area contributed by atoms with Gasteiger partial charge in [-0.1, -0.05) is 49.4 Å². The van der Waals surface area contributed by atoms with Crippen LogP contribution in [-0.4, -0.2) is 39.9 Å². The lowest BCUT2D eigenvalue weighted by atomic mass is 10.0. The van der Waals surface area contributed by atoms with Gasteiger partial charge in [0.25, 0.3) is 0 Å². The molecule has 4 aromatic rings. The van der Waals surface area contributed by atoms with Crippen LogP contribution in [0.25, 0.3) is 16.3 Å². The van der Waals surface area contributed by atoms with Crippen molar-refractivity contribution in [2.75, 3.05) is 17.2 Å². The van der Waals surface area contributed by atoms with E-state index in [1.807, 2.05) is 62.5 Å². The Labute approximate surface area is 229 Å². The van der Waals surface area contributed by atoms with E-state index < -0.39 is 5.25 Å². The zero-order valence-corrected chi connectivity index (χ0v) is 23.1. The molecule has 0 radical (unpaired) electrons. The van der Waals surface area contributed by atoms with Gasteiger partial charge in [0.15, 0.2) is 0 Å². The number of hydrogen-bond donors (Lipinski definition) is 1. The molecule has 6 nitrogen and oxygen atoms in total. The number of aromatic nitrogens is 2. The number of aryl methyl sites for hydroxylation is 1. The third-order valence-electron chi connectivity index (χ3n) is 6.70. The molecule has 0 spiro atoms. The zero-order chi connectivity index (χ0) is 26.8. The van der Waals surface area contributed by atoms with Gasteiger partial charge in [0, 0.05) is 17.2 Å². The van der Waals surface area contributed by atoms with Crippen LogP contribution in [-0.2, 0) is 9.59 Å². The first-order valence-corrected chi connectivity index (χ1v) is 14.5. The number of carbonyl (C=O) groups excluding carboxylic acids is 2. The van der Waals surface area contributed by atoms with Crippen LogP contribution in [0.2, 0.25) is 0 Å². The van der Waals surface area contributed by atoms with Crippen molar-refractivity contribution in [3.05, 3.63) is 88.6 Å². The van der Waals surface area contributed by atoms with Crippen molar-refractivity contribution in [3.8, 4) is 16.3 Å². The van der Waals surface area contributed by atoms with Gasteiger partial charge in [-0.25, -0.2) is 9.07 Å². The van der Waals surface area contributed by atoms with Crippen LogP contribution in [0.3, 0.4) is 0 Å². The van der Waals surface area contributed by atoms with Crippen LogP contribution in [0.15, 0.2) is 66.0 Å². The Kier molecular flexibility index (Phi) is 7.67. The Balaban J connectivity index is 1.79. The second-order valence-electron chi connectivity index (χ2n) is 9.33. The van der Waals surface area contributed by atoms with Crippen LogP contribution in [0.5, 0.6) is 0 Å². The molecular weight excluding hydrogens is 519 g/mol. The lowest BCUT2D eigenvalue weighted by Gasteiger charge is -2.24. The lowest BCUT2D eigenvalue weighted by molar-refractivity contribution is -0.123. The Morgan fingerprint density at radius 1 is 1.16 bits per heavy atom. The summed E-state index contributed by atoms with van der Waals surface area (Å²) in [4.78, 5) is 29.2. The molecule has 38 heavy (non-hydrogen) atoms. The van der Waals surface area contributed by atoms with E-state index in [1.165, 1.54) is 34.1 Å². The smallest absolute Gasteiger partial charge is 0.240 e. The summed E-state index contributed by atoms with van der Waals surface area (Å²) >= 11 is 2.90. The number of nitrogens with zero attached hydrogens (tertiary/aromatic N) is 3. The fourth-order valence-corrected chi connectivity index (χ4v) is 6.53. The van der Waals surface area contributed by atoms with Gasteiger partial charge in [0.1, 0.15) is 23.9 Å². The average molecular weight is 549 g/mol. The molecule has 5 rings (SSSR count). The largest absolute Gasteiger partial charge is 0.352 e. The Bertz CT molecular complexity index is 1470. The number of hydrogen-bond acceptors (Lipinski definition) is 5.